The summed E-state index contributed by atoms with van der Waals surface area (Å²) >= 11 is 0. The largest absolute Gasteiger partial charge is 0.351 e. The lowest BCUT2D eigenvalue weighted by Crippen LogP contribution is -2.20. The van der Waals surface area contributed by atoms with Gasteiger partial charge in [-0.3, -0.25) is 0 Å². The number of hydrogen-bond donors (Lipinski definition) is 1. The molecule has 0 aromatic rings. The van der Waals surface area contributed by atoms with Crippen LogP contribution in [0.1, 0.15) is 71.1 Å². The van der Waals surface area contributed by atoms with E-state index in [1.807, 2.05) is 0 Å². The first kappa shape index (κ1) is 14.4. The van der Waals surface area contributed by atoms with Crippen LogP contribution < -0.4 is 0 Å². The number of aliphatic hydroxyl groups is 1. The molecule has 98 valence electrons. The van der Waals surface area contributed by atoms with E-state index in [0.29, 0.717) is 6.42 Å². The van der Waals surface area contributed by atoms with Gasteiger partial charge in [-0.1, -0.05) is 58.3 Å². The second kappa shape index (κ2) is 8.40. The summed E-state index contributed by atoms with van der Waals surface area (Å²) in [5.74, 6) is -1.12. The van der Waals surface area contributed by atoms with E-state index in [-0.39, 0.29) is 0 Å². The number of hydrogen-bond acceptors (Lipinski definition) is 3. The van der Waals surface area contributed by atoms with Crippen LogP contribution in [0, 0.1) is 0 Å². The van der Waals surface area contributed by atoms with Crippen molar-refractivity contribution in [3.8, 4) is 0 Å². The highest BCUT2D eigenvalue weighted by Gasteiger charge is 2.24. The number of nitrogens with zero attached hydrogens (tertiary/aromatic N) is 2. The summed E-state index contributed by atoms with van der Waals surface area (Å²) in [6, 6.07) is 0. The highest BCUT2D eigenvalue weighted by atomic mass is 16.3. The van der Waals surface area contributed by atoms with Crippen molar-refractivity contribution in [2.45, 2.75) is 77.0 Å². The van der Waals surface area contributed by atoms with E-state index in [1.165, 1.54) is 51.4 Å². The Kier molecular flexibility index (Phi) is 7.10. The quantitative estimate of drug-likeness (QED) is 0.579. The summed E-state index contributed by atoms with van der Waals surface area (Å²) in [7, 11) is 0. The first-order chi connectivity index (χ1) is 8.27. The minimum Gasteiger partial charge on any atom is -0.351 e. The summed E-state index contributed by atoms with van der Waals surface area (Å²) in [5.41, 5.74) is 0. The van der Waals surface area contributed by atoms with Crippen LogP contribution >= 0.6 is 0 Å². The molecule has 0 fully saturated rings. The number of aliphatic imine (C=N–C) groups is 2. The molecule has 1 N–H and O–H groups in total. The fraction of sp³-hybridized carbons (Fsp3) is 0.857. The molecular formula is C14H26N2O. The lowest BCUT2D eigenvalue weighted by atomic mass is 10.1. The summed E-state index contributed by atoms with van der Waals surface area (Å²) in [5, 5.41) is 9.80. The van der Waals surface area contributed by atoms with Gasteiger partial charge in [0, 0.05) is 18.9 Å². The van der Waals surface area contributed by atoms with Gasteiger partial charge in [-0.15, -0.1) is 0 Å². The zero-order chi connectivity index (χ0) is 12.4. The van der Waals surface area contributed by atoms with Crippen LogP contribution in [0.4, 0.5) is 0 Å². The SMILES string of the molecule is CCCCCCCCCCCC1(O)N=CC=N1. The third-order valence-electron chi connectivity index (χ3n) is 3.24. The molecule has 0 saturated carbocycles. The molecule has 3 heteroatoms. The predicted molar refractivity (Wildman–Crippen MR) is 73.8 cm³/mol. The monoisotopic (exact) mass is 238 g/mol. The van der Waals surface area contributed by atoms with E-state index in [4.69, 9.17) is 0 Å². The fourth-order valence-corrected chi connectivity index (χ4v) is 2.14. The average Bonchev–Trinajstić information content (AvgIpc) is 2.74. The zero-order valence-corrected chi connectivity index (χ0v) is 11.1. The van der Waals surface area contributed by atoms with Crippen molar-refractivity contribution >= 4 is 12.4 Å². The standard InChI is InChI=1S/C14H26N2O/c1-2-3-4-5-6-7-8-9-10-11-14(17)15-12-13-16-14/h12-13,17H,2-11H2,1H3. The van der Waals surface area contributed by atoms with E-state index >= 15 is 0 Å². The maximum atomic E-state index is 9.80. The van der Waals surface area contributed by atoms with Gasteiger partial charge in [0.05, 0.1) is 0 Å². The number of rotatable bonds is 10. The minimum atomic E-state index is -1.12. The van der Waals surface area contributed by atoms with Crippen molar-refractivity contribution in [3.63, 3.8) is 0 Å². The van der Waals surface area contributed by atoms with Crippen molar-refractivity contribution in [1.29, 1.82) is 0 Å². The Balaban J connectivity index is 1.85. The lowest BCUT2D eigenvalue weighted by molar-refractivity contribution is 0.0514. The first-order valence-corrected chi connectivity index (χ1v) is 7.08. The molecular weight excluding hydrogens is 212 g/mol. The van der Waals surface area contributed by atoms with Crippen LogP contribution in [0.25, 0.3) is 0 Å². The van der Waals surface area contributed by atoms with Crippen LogP contribution in [0.5, 0.6) is 0 Å². The van der Waals surface area contributed by atoms with Crippen molar-refractivity contribution in [3.05, 3.63) is 0 Å². The Bertz CT molecular complexity index is 237. The van der Waals surface area contributed by atoms with Gasteiger partial charge >= 0.3 is 0 Å². The molecule has 17 heavy (non-hydrogen) atoms. The van der Waals surface area contributed by atoms with Crippen LogP contribution in [-0.2, 0) is 0 Å². The molecule has 1 rings (SSSR count). The molecule has 0 aromatic carbocycles. The van der Waals surface area contributed by atoms with Gasteiger partial charge in [-0.2, -0.15) is 0 Å². The topological polar surface area (TPSA) is 45.0 Å². The van der Waals surface area contributed by atoms with E-state index in [1.54, 1.807) is 12.4 Å². The Morgan fingerprint density at radius 2 is 1.29 bits per heavy atom. The average molecular weight is 238 g/mol. The van der Waals surface area contributed by atoms with Crippen molar-refractivity contribution < 1.29 is 5.11 Å². The minimum absolute atomic E-state index is 0.663. The van der Waals surface area contributed by atoms with Crippen molar-refractivity contribution in [2.24, 2.45) is 9.98 Å². The molecule has 0 aromatic heterocycles. The highest BCUT2D eigenvalue weighted by Crippen LogP contribution is 2.20. The smallest absolute Gasteiger partial charge is 0.254 e. The Morgan fingerprint density at radius 3 is 1.82 bits per heavy atom. The Labute approximate surface area is 105 Å². The third kappa shape index (κ3) is 6.57. The van der Waals surface area contributed by atoms with Crippen LogP contribution in [-0.4, -0.2) is 23.4 Å². The van der Waals surface area contributed by atoms with E-state index in [2.05, 4.69) is 16.9 Å². The third-order valence-corrected chi connectivity index (χ3v) is 3.24. The van der Waals surface area contributed by atoms with Crippen LogP contribution in [0.2, 0.25) is 0 Å². The normalized spacial score (nSPS) is 16.8. The number of unbranched alkanes of at least 4 members (excludes halogenated alkanes) is 8. The Hall–Kier alpha value is -0.700. The summed E-state index contributed by atoms with van der Waals surface area (Å²) < 4.78 is 0. The predicted octanol–water partition coefficient (Wildman–Crippen LogP) is 3.71. The Morgan fingerprint density at radius 1 is 0.824 bits per heavy atom. The van der Waals surface area contributed by atoms with Gasteiger partial charge in [-0.25, -0.2) is 9.98 Å². The van der Waals surface area contributed by atoms with Gasteiger partial charge in [0.25, 0.3) is 5.85 Å². The maximum absolute atomic E-state index is 9.80. The van der Waals surface area contributed by atoms with Gasteiger partial charge in [0.2, 0.25) is 0 Å². The molecule has 0 bridgehead atoms. The fourth-order valence-electron chi connectivity index (χ4n) is 2.14. The molecule has 0 aliphatic carbocycles. The molecule has 1 aliphatic rings. The van der Waals surface area contributed by atoms with E-state index in [0.717, 1.165) is 6.42 Å². The van der Waals surface area contributed by atoms with Crippen molar-refractivity contribution in [2.75, 3.05) is 0 Å². The van der Waals surface area contributed by atoms with Gasteiger partial charge in [0.15, 0.2) is 0 Å². The van der Waals surface area contributed by atoms with Crippen molar-refractivity contribution in [1.82, 2.24) is 0 Å². The second-order valence-corrected chi connectivity index (χ2v) is 4.91. The molecule has 0 saturated heterocycles. The molecule has 0 spiro atoms. The summed E-state index contributed by atoms with van der Waals surface area (Å²) in [4.78, 5) is 7.89. The first-order valence-electron chi connectivity index (χ1n) is 7.08. The molecule has 0 radical (unpaired) electrons. The summed E-state index contributed by atoms with van der Waals surface area (Å²) in [6.45, 7) is 2.25. The van der Waals surface area contributed by atoms with Gasteiger partial charge in [-0.05, 0) is 6.42 Å². The molecule has 0 atom stereocenters. The molecule has 1 heterocycles. The maximum Gasteiger partial charge on any atom is 0.254 e. The second-order valence-electron chi connectivity index (χ2n) is 4.91. The van der Waals surface area contributed by atoms with Gasteiger partial charge in [0.1, 0.15) is 0 Å². The molecule has 1 aliphatic heterocycles. The van der Waals surface area contributed by atoms with E-state index < -0.39 is 5.85 Å². The summed E-state index contributed by atoms with van der Waals surface area (Å²) in [6.07, 6.45) is 15.4. The van der Waals surface area contributed by atoms with Gasteiger partial charge < -0.3 is 5.11 Å². The molecule has 0 unspecified atom stereocenters. The zero-order valence-electron chi connectivity index (χ0n) is 11.1. The molecule has 0 amide bonds. The van der Waals surface area contributed by atoms with Crippen LogP contribution in [0.3, 0.4) is 0 Å². The molecule has 3 nitrogen and oxygen atoms in total. The lowest BCUT2D eigenvalue weighted by Gasteiger charge is -2.14. The van der Waals surface area contributed by atoms with Crippen LogP contribution in [0.15, 0.2) is 9.98 Å². The van der Waals surface area contributed by atoms with E-state index in [9.17, 15) is 5.11 Å². The highest BCUT2D eigenvalue weighted by molar-refractivity contribution is 6.17.